The maximum absolute atomic E-state index is 12.4. The fourth-order valence-electron chi connectivity index (χ4n) is 2.47. The highest BCUT2D eigenvalue weighted by molar-refractivity contribution is 9.10. The van der Waals surface area contributed by atoms with Gasteiger partial charge in [0.2, 0.25) is 0 Å². The number of benzene rings is 1. The first-order valence-corrected chi connectivity index (χ1v) is 8.09. The van der Waals surface area contributed by atoms with Gasteiger partial charge in [-0.2, -0.15) is 0 Å². The monoisotopic (exact) mass is 398 g/mol. The number of allylic oxidation sites excluding steroid dienone is 1. The first kappa shape index (κ1) is 18.1. The zero-order valence-electron chi connectivity index (χ0n) is 13.8. The number of esters is 1. The van der Waals surface area contributed by atoms with Crippen LogP contribution in [0.25, 0.3) is 0 Å². The van der Waals surface area contributed by atoms with E-state index in [0.29, 0.717) is 21.3 Å². The van der Waals surface area contributed by atoms with E-state index in [1.54, 1.807) is 33.0 Å². The van der Waals surface area contributed by atoms with Crippen LogP contribution in [0.1, 0.15) is 25.5 Å². The van der Waals surface area contributed by atoms with E-state index in [2.05, 4.69) is 21.2 Å². The molecule has 0 radical (unpaired) electrons. The number of hydrogen-bond donors (Lipinski definition) is 2. The molecule has 0 aromatic heterocycles. The lowest BCUT2D eigenvalue weighted by molar-refractivity contribution is -0.139. The Bertz CT molecular complexity index is 717. The van der Waals surface area contributed by atoms with Crippen LogP contribution in [0.5, 0.6) is 11.5 Å². The van der Waals surface area contributed by atoms with E-state index in [4.69, 9.17) is 9.47 Å². The highest BCUT2D eigenvalue weighted by Crippen LogP contribution is 2.40. The lowest BCUT2D eigenvalue weighted by Crippen LogP contribution is -2.46. The van der Waals surface area contributed by atoms with Crippen molar-refractivity contribution in [3.63, 3.8) is 0 Å². The summed E-state index contributed by atoms with van der Waals surface area (Å²) in [5.74, 6) is -0.331. The van der Waals surface area contributed by atoms with Crippen LogP contribution in [-0.4, -0.2) is 42.8 Å². The van der Waals surface area contributed by atoms with E-state index in [9.17, 15) is 14.7 Å². The lowest BCUT2D eigenvalue weighted by atomic mass is 9.94. The Hall–Kier alpha value is -2.22. The van der Waals surface area contributed by atoms with Crippen LogP contribution in [0.4, 0.5) is 4.79 Å². The van der Waals surface area contributed by atoms with Gasteiger partial charge >= 0.3 is 12.0 Å². The van der Waals surface area contributed by atoms with Gasteiger partial charge in [0, 0.05) is 12.7 Å². The third-order valence-electron chi connectivity index (χ3n) is 3.85. The summed E-state index contributed by atoms with van der Waals surface area (Å²) in [7, 11) is 3.00. The SMILES string of the molecule is CCOC(=O)C1=C(C)N(C)C(=O)N[C@@H]1c1cc(Br)c(O)c(OC)c1. The van der Waals surface area contributed by atoms with E-state index in [1.807, 2.05) is 0 Å². The van der Waals surface area contributed by atoms with Crippen molar-refractivity contribution in [3.8, 4) is 11.5 Å². The number of phenols is 1. The second-order valence-corrected chi connectivity index (χ2v) is 6.07. The molecule has 1 aliphatic heterocycles. The summed E-state index contributed by atoms with van der Waals surface area (Å²) in [6.45, 7) is 3.63. The number of nitrogens with zero attached hydrogens (tertiary/aromatic N) is 1. The molecule has 1 heterocycles. The molecule has 2 rings (SSSR count). The third kappa shape index (κ3) is 3.19. The fraction of sp³-hybridized carbons (Fsp3) is 0.375. The predicted octanol–water partition coefficient (Wildman–Crippen LogP) is 2.70. The Morgan fingerprint density at radius 2 is 2.12 bits per heavy atom. The van der Waals surface area contributed by atoms with Crippen LogP contribution >= 0.6 is 15.9 Å². The summed E-state index contributed by atoms with van der Waals surface area (Å²) >= 11 is 3.25. The van der Waals surface area contributed by atoms with Crippen molar-refractivity contribution in [1.82, 2.24) is 10.2 Å². The van der Waals surface area contributed by atoms with Gasteiger partial charge in [-0.15, -0.1) is 0 Å². The number of ether oxygens (including phenoxy) is 2. The van der Waals surface area contributed by atoms with Gasteiger partial charge in [0.05, 0.1) is 29.8 Å². The van der Waals surface area contributed by atoms with Gasteiger partial charge < -0.3 is 24.8 Å². The Balaban J connectivity index is 2.60. The van der Waals surface area contributed by atoms with Crippen molar-refractivity contribution in [1.29, 1.82) is 0 Å². The molecule has 0 spiro atoms. The molecule has 0 bridgehead atoms. The topological polar surface area (TPSA) is 88.1 Å². The number of amides is 2. The molecule has 0 fully saturated rings. The van der Waals surface area contributed by atoms with Gasteiger partial charge in [-0.25, -0.2) is 9.59 Å². The molecular formula is C16H19BrN2O5. The molecule has 1 aromatic carbocycles. The van der Waals surface area contributed by atoms with Crippen molar-refractivity contribution < 1.29 is 24.2 Å². The largest absolute Gasteiger partial charge is 0.503 e. The summed E-state index contributed by atoms with van der Waals surface area (Å²) in [4.78, 5) is 25.9. The number of phenolic OH excluding ortho intramolecular Hbond substituents is 1. The molecule has 1 atom stereocenters. The number of urea groups is 1. The van der Waals surface area contributed by atoms with Crippen molar-refractivity contribution in [2.45, 2.75) is 19.9 Å². The quantitative estimate of drug-likeness (QED) is 0.761. The Kier molecular flexibility index (Phi) is 5.38. The van der Waals surface area contributed by atoms with Gasteiger partial charge in [-0.1, -0.05) is 0 Å². The molecule has 1 aromatic rings. The minimum Gasteiger partial charge on any atom is -0.503 e. The van der Waals surface area contributed by atoms with E-state index >= 15 is 0 Å². The first-order valence-electron chi connectivity index (χ1n) is 7.30. The molecule has 0 unspecified atom stereocenters. The van der Waals surface area contributed by atoms with Gasteiger partial charge in [0.15, 0.2) is 11.5 Å². The highest BCUT2D eigenvalue weighted by atomic mass is 79.9. The third-order valence-corrected chi connectivity index (χ3v) is 4.46. The minimum atomic E-state index is -0.710. The van der Waals surface area contributed by atoms with E-state index < -0.39 is 12.0 Å². The number of methoxy groups -OCH3 is 1. The molecule has 2 amide bonds. The number of rotatable bonds is 4. The molecule has 130 valence electrons. The van der Waals surface area contributed by atoms with Crippen molar-refractivity contribution in [2.75, 3.05) is 20.8 Å². The van der Waals surface area contributed by atoms with Crippen molar-refractivity contribution >= 4 is 27.9 Å². The zero-order valence-corrected chi connectivity index (χ0v) is 15.4. The fourth-order valence-corrected chi connectivity index (χ4v) is 2.93. The molecule has 0 saturated carbocycles. The number of hydrogen-bond acceptors (Lipinski definition) is 5. The summed E-state index contributed by atoms with van der Waals surface area (Å²) in [5.41, 5.74) is 1.42. The van der Waals surface area contributed by atoms with Gasteiger partial charge in [0.1, 0.15) is 0 Å². The molecule has 1 aliphatic rings. The summed E-state index contributed by atoms with van der Waals surface area (Å²) in [6.07, 6.45) is 0. The number of carbonyl (C=O) groups excluding carboxylic acids is 2. The number of nitrogens with one attached hydrogen (secondary N) is 1. The minimum absolute atomic E-state index is 0.0566. The molecule has 24 heavy (non-hydrogen) atoms. The highest BCUT2D eigenvalue weighted by Gasteiger charge is 2.35. The normalized spacial score (nSPS) is 17.6. The summed E-state index contributed by atoms with van der Waals surface area (Å²) < 4.78 is 10.7. The summed E-state index contributed by atoms with van der Waals surface area (Å²) in [6, 6.07) is 2.15. The number of halogens is 1. The Labute approximate surface area is 148 Å². The van der Waals surface area contributed by atoms with Crippen LogP contribution in [0.2, 0.25) is 0 Å². The standard InChI is InChI=1S/C16H19BrN2O5/c1-5-24-15(21)12-8(2)19(3)16(22)18-13(12)9-6-10(17)14(20)11(7-9)23-4/h6-7,13,20H,5H2,1-4H3,(H,18,22)/t13-/m1/s1. The van der Waals surface area contributed by atoms with Gasteiger partial charge in [-0.3, -0.25) is 0 Å². The van der Waals surface area contributed by atoms with Crippen LogP contribution in [-0.2, 0) is 9.53 Å². The van der Waals surface area contributed by atoms with E-state index in [1.165, 1.54) is 12.0 Å². The van der Waals surface area contributed by atoms with Gasteiger partial charge in [-0.05, 0) is 47.5 Å². The zero-order chi connectivity index (χ0) is 18.0. The van der Waals surface area contributed by atoms with Crippen LogP contribution in [0.15, 0.2) is 27.9 Å². The lowest BCUT2D eigenvalue weighted by Gasteiger charge is -2.33. The average molecular weight is 399 g/mol. The van der Waals surface area contributed by atoms with E-state index in [0.717, 1.165) is 0 Å². The van der Waals surface area contributed by atoms with E-state index in [-0.39, 0.29) is 24.1 Å². The predicted molar refractivity (Wildman–Crippen MR) is 90.7 cm³/mol. The van der Waals surface area contributed by atoms with Crippen molar-refractivity contribution in [2.24, 2.45) is 0 Å². The smallest absolute Gasteiger partial charge is 0.338 e. The molecule has 8 heteroatoms. The second kappa shape index (κ2) is 7.12. The summed E-state index contributed by atoms with van der Waals surface area (Å²) in [5, 5.41) is 12.7. The maximum Gasteiger partial charge on any atom is 0.338 e. The second-order valence-electron chi connectivity index (χ2n) is 5.21. The average Bonchev–Trinajstić information content (AvgIpc) is 2.54. The van der Waals surface area contributed by atoms with Crippen molar-refractivity contribution in [3.05, 3.63) is 33.4 Å². The molecule has 2 N–H and O–H groups in total. The molecule has 0 saturated heterocycles. The van der Waals surface area contributed by atoms with Crippen LogP contribution in [0, 0.1) is 0 Å². The molecule has 7 nitrogen and oxygen atoms in total. The maximum atomic E-state index is 12.4. The number of carbonyl (C=O) groups is 2. The van der Waals surface area contributed by atoms with Crippen LogP contribution < -0.4 is 10.1 Å². The molecule has 0 aliphatic carbocycles. The molecular weight excluding hydrogens is 380 g/mol. The Morgan fingerprint density at radius 1 is 1.46 bits per heavy atom. The number of aromatic hydroxyl groups is 1. The van der Waals surface area contributed by atoms with Gasteiger partial charge in [0.25, 0.3) is 0 Å². The Morgan fingerprint density at radius 3 is 2.71 bits per heavy atom. The first-order chi connectivity index (χ1) is 11.3. The van der Waals surface area contributed by atoms with Crippen LogP contribution in [0.3, 0.4) is 0 Å².